The number of aliphatic hydroxyl groups is 1. The van der Waals surface area contributed by atoms with Gasteiger partial charge in [0.15, 0.2) is 0 Å². The number of aromatic carboxylic acids is 1. The maximum Gasteiger partial charge on any atom is 0.335 e. The lowest BCUT2D eigenvalue weighted by atomic mass is 9.93. The zero-order valence-electron chi connectivity index (χ0n) is 21.8. The number of carbonyl (C=O) groups is 1. The molecule has 0 heterocycles. The summed E-state index contributed by atoms with van der Waals surface area (Å²) in [7, 11) is 1.91. The maximum atomic E-state index is 14.0. The molecule has 1 atom stereocenters. The summed E-state index contributed by atoms with van der Waals surface area (Å²) in [4.78, 5) is 12.2. The average molecular weight is 533 g/mol. The molecule has 0 amide bonds. The smallest absolute Gasteiger partial charge is 0.335 e. The van der Waals surface area contributed by atoms with Crippen molar-refractivity contribution < 1.29 is 19.4 Å². The summed E-state index contributed by atoms with van der Waals surface area (Å²) < 4.78 is 15.9. The molecule has 0 saturated heterocycles. The summed E-state index contributed by atoms with van der Waals surface area (Å²) in [6, 6.07) is 26.2. The van der Waals surface area contributed by atoms with Gasteiger partial charge in [0.05, 0.1) is 11.7 Å². The van der Waals surface area contributed by atoms with E-state index < -0.39 is 17.9 Å². The highest BCUT2D eigenvalue weighted by Crippen LogP contribution is 2.29. The second kappa shape index (κ2) is 12.1. The normalized spacial score (nSPS) is 12.7. The number of likely N-dealkylation sites (N-methyl/N-ethyl adjacent to an activating group) is 1. The lowest BCUT2D eigenvalue weighted by Crippen LogP contribution is -2.46. The minimum atomic E-state index is -1.17. The van der Waals surface area contributed by atoms with E-state index in [2.05, 4.69) is 49.5 Å². The van der Waals surface area contributed by atoms with Gasteiger partial charge in [-0.3, -0.25) is 0 Å². The number of hydrogen-bond donors (Lipinski definition) is 3. The van der Waals surface area contributed by atoms with E-state index in [1.54, 1.807) is 0 Å². The second-order valence-electron chi connectivity index (χ2n) is 10.2. The minimum absolute atomic E-state index is 0.0886. The Bertz CT molecular complexity index is 1430. The third-order valence-corrected chi connectivity index (χ3v) is 7.24. The van der Waals surface area contributed by atoms with Gasteiger partial charge in [-0.25, -0.2) is 13.5 Å². The number of rotatable bonds is 11. The van der Waals surface area contributed by atoms with E-state index in [-0.39, 0.29) is 11.1 Å². The van der Waals surface area contributed by atoms with Crippen molar-refractivity contribution >= 4 is 28.7 Å². The van der Waals surface area contributed by atoms with E-state index in [0.717, 1.165) is 22.9 Å². The molecule has 0 bridgehead atoms. The predicted octanol–water partition coefficient (Wildman–Crippen LogP) is 6.25. The number of fused-ring (bicyclic) bond motifs is 1. The van der Waals surface area contributed by atoms with Gasteiger partial charge < -0.3 is 15.5 Å². The van der Waals surface area contributed by atoms with Crippen LogP contribution in [-0.2, 0) is 6.42 Å². The Labute approximate surface area is 227 Å². The third-order valence-electron chi connectivity index (χ3n) is 6.32. The quantitative estimate of drug-likeness (QED) is 0.198. The van der Waals surface area contributed by atoms with Crippen LogP contribution in [0.5, 0.6) is 0 Å². The monoisotopic (exact) mass is 532 g/mol. The largest absolute Gasteiger partial charge is 0.478 e. The minimum Gasteiger partial charge on any atom is -0.478 e. The number of β-amino-alcohol motifs (C(OH)–C–C–N with tert-alkyl or cyclic N) is 1. The zero-order chi connectivity index (χ0) is 27.3. The van der Waals surface area contributed by atoms with Crippen LogP contribution in [-0.4, -0.2) is 52.3 Å². The molecule has 0 saturated carbocycles. The summed E-state index contributed by atoms with van der Waals surface area (Å²) >= 11 is 1.47. The van der Waals surface area contributed by atoms with Crippen LogP contribution in [0.2, 0.25) is 0 Å². The van der Waals surface area contributed by atoms with E-state index in [9.17, 15) is 19.4 Å². The fourth-order valence-corrected chi connectivity index (χ4v) is 5.43. The van der Waals surface area contributed by atoms with E-state index >= 15 is 0 Å². The van der Waals surface area contributed by atoms with Crippen molar-refractivity contribution in [3.05, 3.63) is 102 Å². The van der Waals surface area contributed by atoms with Gasteiger partial charge in [-0.15, -0.1) is 0 Å². The van der Waals surface area contributed by atoms with Gasteiger partial charge >= 0.3 is 5.97 Å². The maximum absolute atomic E-state index is 14.0. The van der Waals surface area contributed by atoms with Crippen LogP contribution >= 0.6 is 11.9 Å². The molecule has 0 radical (unpaired) electrons. The fraction of sp³-hybridized carbons (Fsp3) is 0.258. The van der Waals surface area contributed by atoms with Gasteiger partial charge in [0.1, 0.15) is 5.82 Å². The fourth-order valence-electron chi connectivity index (χ4n) is 4.51. The van der Waals surface area contributed by atoms with Crippen molar-refractivity contribution in [2.75, 3.05) is 20.1 Å². The standard InChI is InChI=1S/C31H33FN2O3S/c1-31(2,18-21-11-12-22-7-4-5-8-23(22)13-21)33-19-28(35)20-34(3)38-29-10-6-9-24(17-29)25-14-26(30(36)37)16-27(32)15-25/h4-17,28,33,35H,18-20H2,1-3H3,(H,36,37)/t28-/m1/s1. The van der Waals surface area contributed by atoms with E-state index in [4.69, 9.17) is 0 Å². The van der Waals surface area contributed by atoms with Crippen molar-refractivity contribution in [2.45, 2.75) is 36.8 Å². The zero-order valence-corrected chi connectivity index (χ0v) is 22.6. The number of carboxylic acid groups (broad SMARTS) is 1. The molecule has 7 heteroatoms. The molecule has 5 nitrogen and oxygen atoms in total. The lowest BCUT2D eigenvalue weighted by molar-refractivity contribution is 0.0696. The third kappa shape index (κ3) is 7.65. The molecule has 3 N–H and O–H groups in total. The van der Waals surface area contributed by atoms with Gasteiger partial charge in [0.25, 0.3) is 0 Å². The lowest BCUT2D eigenvalue weighted by Gasteiger charge is -2.29. The molecule has 4 rings (SSSR count). The SMILES string of the molecule is CN(C[C@H](O)CNC(C)(C)Cc1ccc2ccccc2c1)Sc1cccc(-c2cc(F)cc(C(=O)O)c2)c1. The Morgan fingerprint density at radius 1 is 0.974 bits per heavy atom. The Balaban J connectivity index is 1.31. The molecule has 0 unspecified atom stereocenters. The molecule has 4 aromatic rings. The van der Waals surface area contributed by atoms with Crippen LogP contribution in [0.4, 0.5) is 4.39 Å². The number of nitrogens with one attached hydrogen (secondary N) is 1. The second-order valence-corrected chi connectivity index (χ2v) is 11.5. The molecule has 4 aromatic carbocycles. The average Bonchev–Trinajstić information content (AvgIpc) is 2.87. The number of carboxylic acids is 1. The van der Waals surface area contributed by atoms with Crippen LogP contribution in [0, 0.1) is 5.82 Å². The van der Waals surface area contributed by atoms with Crippen LogP contribution in [0.1, 0.15) is 29.8 Å². The summed E-state index contributed by atoms with van der Waals surface area (Å²) in [5.74, 6) is -1.76. The van der Waals surface area contributed by atoms with E-state index in [1.807, 2.05) is 47.8 Å². The van der Waals surface area contributed by atoms with Crippen molar-refractivity contribution in [3.8, 4) is 11.1 Å². The first-order valence-corrected chi connectivity index (χ1v) is 13.3. The number of halogens is 1. The molecule has 0 aliphatic rings. The molecular formula is C31H33FN2O3S. The Kier molecular flexibility index (Phi) is 8.84. The highest BCUT2D eigenvalue weighted by molar-refractivity contribution is 7.97. The molecule has 0 aromatic heterocycles. The van der Waals surface area contributed by atoms with Crippen molar-refractivity contribution in [2.24, 2.45) is 0 Å². The Hall–Kier alpha value is -3.23. The molecular weight excluding hydrogens is 499 g/mol. The first-order valence-electron chi connectivity index (χ1n) is 12.5. The van der Waals surface area contributed by atoms with Crippen LogP contribution in [0.25, 0.3) is 21.9 Å². The highest BCUT2D eigenvalue weighted by Gasteiger charge is 2.20. The number of hydrogen-bond acceptors (Lipinski definition) is 5. The van der Waals surface area contributed by atoms with Crippen molar-refractivity contribution in [1.82, 2.24) is 9.62 Å². The molecule has 0 aliphatic heterocycles. The molecule has 0 fully saturated rings. The number of aliphatic hydroxyl groups excluding tert-OH is 1. The first-order chi connectivity index (χ1) is 18.1. The first kappa shape index (κ1) is 27.8. The molecule has 0 spiro atoms. The molecule has 0 aliphatic carbocycles. The summed E-state index contributed by atoms with van der Waals surface area (Å²) in [5, 5.41) is 25.9. The summed E-state index contributed by atoms with van der Waals surface area (Å²) in [6.45, 7) is 5.17. The van der Waals surface area contributed by atoms with Crippen LogP contribution in [0.15, 0.2) is 89.8 Å². The van der Waals surface area contributed by atoms with E-state index in [1.165, 1.54) is 40.4 Å². The summed E-state index contributed by atoms with van der Waals surface area (Å²) in [6.07, 6.45) is 0.263. The van der Waals surface area contributed by atoms with Crippen molar-refractivity contribution in [3.63, 3.8) is 0 Å². The molecule has 38 heavy (non-hydrogen) atoms. The number of nitrogens with zero attached hydrogens (tertiary/aromatic N) is 1. The Morgan fingerprint density at radius 3 is 2.50 bits per heavy atom. The van der Waals surface area contributed by atoms with Gasteiger partial charge in [0.2, 0.25) is 0 Å². The van der Waals surface area contributed by atoms with Gasteiger partial charge in [-0.05, 0) is 97.1 Å². The molecule has 198 valence electrons. The summed E-state index contributed by atoms with van der Waals surface area (Å²) in [5.41, 5.74) is 2.20. The van der Waals surface area contributed by atoms with Gasteiger partial charge in [-0.1, -0.05) is 54.6 Å². The highest BCUT2D eigenvalue weighted by atomic mass is 32.2. The van der Waals surface area contributed by atoms with E-state index in [0.29, 0.717) is 18.7 Å². The Morgan fingerprint density at radius 2 is 1.74 bits per heavy atom. The van der Waals surface area contributed by atoms with Crippen molar-refractivity contribution in [1.29, 1.82) is 0 Å². The topological polar surface area (TPSA) is 72.8 Å². The van der Waals surface area contributed by atoms with Gasteiger partial charge in [0, 0.05) is 23.5 Å². The van der Waals surface area contributed by atoms with Crippen LogP contribution in [0.3, 0.4) is 0 Å². The van der Waals surface area contributed by atoms with Crippen LogP contribution < -0.4 is 5.32 Å². The number of benzene rings is 4. The predicted molar refractivity (Wildman–Crippen MR) is 153 cm³/mol. The van der Waals surface area contributed by atoms with Gasteiger partial charge in [-0.2, -0.15) is 0 Å².